The van der Waals surface area contributed by atoms with Gasteiger partial charge in [-0.05, 0) is 25.0 Å². The topological polar surface area (TPSA) is 0 Å². The Kier molecular flexibility index (Phi) is 3.02. The lowest BCUT2D eigenvalue weighted by Crippen LogP contribution is -2.29. The maximum absolute atomic E-state index is 2.23. The van der Waals surface area contributed by atoms with E-state index in [2.05, 4.69) is 62.4 Å². The number of hydrogen-bond acceptors (Lipinski definition) is 0. The van der Waals surface area contributed by atoms with Gasteiger partial charge in [0.15, 0.2) is 0 Å². The van der Waals surface area contributed by atoms with Crippen LogP contribution in [0.15, 0.2) is 48.5 Å². The van der Waals surface area contributed by atoms with E-state index in [1.165, 1.54) is 21.5 Å². The number of aryl methyl sites for hydroxylation is 1. The Morgan fingerprint density at radius 1 is 0.800 bits per heavy atom. The van der Waals surface area contributed by atoms with E-state index in [0.717, 1.165) is 9.52 Å². The van der Waals surface area contributed by atoms with Crippen LogP contribution < -0.4 is 10.4 Å². The molecule has 0 unspecified atom stereocenters. The average molecular weight is 210 g/mol. The van der Waals surface area contributed by atoms with Crippen molar-refractivity contribution in [1.82, 2.24) is 0 Å². The third-order valence-corrected chi connectivity index (χ3v) is 4.09. The Morgan fingerprint density at radius 3 is 2.27 bits per heavy atom. The first-order chi connectivity index (χ1) is 7.27. The highest BCUT2D eigenvalue weighted by atomic mass is 28.2. The Bertz CT molecular complexity index is 446. The van der Waals surface area contributed by atoms with Crippen LogP contribution in [0.25, 0.3) is 0 Å². The monoisotopic (exact) mass is 210 g/mol. The molecule has 0 nitrogen and oxygen atoms in total. The summed E-state index contributed by atoms with van der Waals surface area (Å²) >= 11 is 0. The molecule has 2 aromatic rings. The van der Waals surface area contributed by atoms with Crippen molar-refractivity contribution in [3.8, 4) is 0 Å². The Balaban J connectivity index is 2.29. The van der Waals surface area contributed by atoms with Crippen LogP contribution in [0.2, 0.25) is 0 Å². The summed E-state index contributed by atoms with van der Waals surface area (Å²) in [5, 5.41) is 2.87. The molecular weight excluding hydrogens is 196 g/mol. The lowest BCUT2D eigenvalue weighted by atomic mass is 10.1. The zero-order chi connectivity index (χ0) is 10.7. The first-order valence-electron chi connectivity index (χ1n) is 5.15. The summed E-state index contributed by atoms with van der Waals surface area (Å²) in [5.41, 5.74) is 2.82. The van der Waals surface area contributed by atoms with E-state index in [-0.39, 0.29) is 0 Å². The molecule has 0 aliphatic rings. The molecule has 2 rings (SSSR count). The number of hydrogen-bond donors (Lipinski definition) is 0. The van der Waals surface area contributed by atoms with Gasteiger partial charge in [-0.15, -0.1) is 0 Å². The molecule has 0 amide bonds. The molecule has 0 heterocycles. The van der Waals surface area contributed by atoms with Gasteiger partial charge in [-0.3, -0.25) is 0 Å². The van der Waals surface area contributed by atoms with Crippen LogP contribution in [0.5, 0.6) is 0 Å². The van der Waals surface area contributed by atoms with Gasteiger partial charge in [0.05, 0.1) is 0 Å². The van der Waals surface area contributed by atoms with E-state index in [4.69, 9.17) is 0 Å². The molecule has 0 saturated heterocycles. The fourth-order valence-electron chi connectivity index (χ4n) is 1.56. The zero-order valence-electron chi connectivity index (χ0n) is 9.12. The molecule has 0 atom stereocenters. The van der Waals surface area contributed by atoms with Crippen LogP contribution in [0.3, 0.4) is 0 Å². The van der Waals surface area contributed by atoms with Crippen LogP contribution in [0.1, 0.15) is 11.1 Å². The van der Waals surface area contributed by atoms with Crippen LogP contribution in [0, 0.1) is 13.8 Å². The molecule has 0 fully saturated rings. The van der Waals surface area contributed by atoms with E-state index in [9.17, 15) is 0 Å². The smallest absolute Gasteiger partial charge is 0.0631 e. The Morgan fingerprint density at radius 2 is 1.53 bits per heavy atom. The first-order valence-corrected chi connectivity index (χ1v) is 6.15. The minimum absolute atomic E-state index is 0.772. The average Bonchev–Trinajstić information content (AvgIpc) is 2.26. The van der Waals surface area contributed by atoms with Gasteiger partial charge in [0.2, 0.25) is 0 Å². The minimum Gasteiger partial charge on any atom is -0.0631 e. The molecule has 2 aromatic carbocycles. The molecule has 2 radical (unpaired) electrons. The predicted molar refractivity (Wildman–Crippen MR) is 67.4 cm³/mol. The van der Waals surface area contributed by atoms with Gasteiger partial charge < -0.3 is 0 Å². The molecule has 1 heteroatoms. The fourth-order valence-corrected chi connectivity index (χ4v) is 2.80. The lowest BCUT2D eigenvalue weighted by molar-refractivity contribution is 1.37. The molecule has 0 aromatic heterocycles. The van der Waals surface area contributed by atoms with Gasteiger partial charge in [-0.1, -0.05) is 58.9 Å². The van der Waals surface area contributed by atoms with E-state index in [0.29, 0.717) is 0 Å². The maximum Gasteiger partial charge on any atom is 0.121 e. The summed E-state index contributed by atoms with van der Waals surface area (Å²) < 4.78 is 0. The molecule has 15 heavy (non-hydrogen) atoms. The van der Waals surface area contributed by atoms with Crippen molar-refractivity contribution in [1.29, 1.82) is 0 Å². The molecule has 0 saturated carbocycles. The maximum atomic E-state index is 2.23. The van der Waals surface area contributed by atoms with E-state index in [1.807, 2.05) is 0 Å². The molecule has 74 valence electrons. The quantitative estimate of drug-likeness (QED) is 0.665. The fraction of sp³-hybridized carbons (Fsp3) is 0.143. The van der Waals surface area contributed by atoms with Crippen molar-refractivity contribution in [3.63, 3.8) is 0 Å². The second-order valence-corrected chi connectivity index (χ2v) is 5.10. The molecule has 0 bridgehead atoms. The number of rotatable bonds is 2. The van der Waals surface area contributed by atoms with Gasteiger partial charge in [0.25, 0.3) is 0 Å². The summed E-state index contributed by atoms with van der Waals surface area (Å²) in [6, 6.07) is 17.2. The molecular formula is C14H14Si. The van der Waals surface area contributed by atoms with Crippen molar-refractivity contribution in [3.05, 3.63) is 59.7 Å². The van der Waals surface area contributed by atoms with Crippen LogP contribution in [-0.4, -0.2) is 9.52 Å². The lowest BCUT2D eigenvalue weighted by Gasteiger charge is -2.07. The highest BCUT2D eigenvalue weighted by Crippen LogP contribution is 2.01. The van der Waals surface area contributed by atoms with E-state index in [1.54, 1.807) is 0 Å². The zero-order valence-corrected chi connectivity index (χ0v) is 10.1. The summed E-state index contributed by atoms with van der Waals surface area (Å²) in [7, 11) is 0.772. The predicted octanol–water partition coefficient (Wildman–Crippen LogP) is 1.96. The summed E-state index contributed by atoms with van der Waals surface area (Å²) in [6.45, 7) is 4.38. The van der Waals surface area contributed by atoms with Crippen LogP contribution >= 0.6 is 0 Å². The van der Waals surface area contributed by atoms with Crippen LogP contribution in [0.4, 0.5) is 0 Å². The highest BCUT2D eigenvalue weighted by molar-refractivity contribution is 6.67. The van der Waals surface area contributed by atoms with Gasteiger partial charge in [-0.25, -0.2) is 0 Å². The summed E-state index contributed by atoms with van der Waals surface area (Å²) in [5.74, 6) is 0. The second kappa shape index (κ2) is 4.45. The molecule has 0 aliphatic carbocycles. The molecule has 0 spiro atoms. The largest absolute Gasteiger partial charge is 0.121 e. The van der Waals surface area contributed by atoms with Crippen molar-refractivity contribution >= 4 is 19.9 Å². The van der Waals surface area contributed by atoms with Gasteiger partial charge in [-0.2, -0.15) is 0 Å². The van der Waals surface area contributed by atoms with Gasteiger partial charge in [0.1, 0.15) is 9.52 Å². The van der Waals surface area contributed by atoms with Gasteiger partial charge in [0, 0.05) is 0 Å². The second-order valence-electron chi connectivity index (χ2n) is 3.74. The molecule has 0 N–H and O–H groups in total. The Hall–Kier alpha value is -1.34. The third-order valence-electron chi connectivity index (χ3n) is 2.66. The van der Waals surface area contributed by atoms with Crippen molar-refractivity contribution < 1.29 is 0 Å². The first kappa shape index (κ1) is 10.2. The van der Waals surface area contributed by atoms with Crippen LogP contribution in [-0.2, 0) is 0 Å². The normalized spacial score (nSPS) is 10.3. The summed E-state index contributed by atoms with van der Waals surface area (Å²) in [4.78, 5) is 0. The standard InChI is InChI=1S/C14H14Si/c1-11-7-6-10-14(12(11)2)15-13-8-4-3-5-9-13/h3-10H,1-2H3. The third kappa shape index (κ3) is 2.36. The van der Waals surface area contributed by atoms with E-state index >= 15 is 0 Å². The SMILES string of the molecule is Cc1cccc([Si]c2ccccc2)c1C. The summed E-state index contributed by atoms with van der Waals surface area (Å²) in [6.07, 6.45) is 0. The van der Waals surface area contributed by atoms with Crippen molar-refractivity contribution in [2.75, 3.05) is 0 Å². The van der Waals surface area contributed by atoms with E-state index < -0.39 is 0 Å². The number of benzene rings is 2. The van der Waals surface area contributed by atoms with Gasteiger partial charge >= 0.3 is 0 Å². The Labute approximate surface area is 93.8 Å². The highest BCUT2D eigenvalue weighted by Gasteiger charge is 2.02. The van der Waals surface area contributed by atoms with Crippen molar-refractivity contribution in [2.24, 2.45) is 0 Å². The minimum atomic E-state index is 0.772. The molecule has 0 aliphatic heterocycles. The van der Waals surface area contributed by atoms with Crippen molar-refractivity contribution in [2.45, 2.75) is 13.8 Å².